The fourth-order valence-electron chi connectivity index (χ4n) is 8.25. The first-order chi connectivity index (χ1) is 28.2. The van der Waals surface area contributed by atoms with Crippen molar-refractivity contribution in [1.82, 2.24) is 15.0 Å². The minimum atomic E-state index is 0.550. The number of fused-ring (bicyclic) bond motifs is 9. The Balaban J connectivity index is 1.06. The number of para-hydroxylation sites is 2. The summed E-state index contributed by atoms with van der Waals surface area (Å²) in [6, 6.07) is 59.9. The summed E-state index contributed by atoms with van der Waals surface area (Å²) in [5.41, 5.74) is 11.9. The normalized spacial score (nSPS) is 11.9. The van der Waals surface area contributed by atoms with E-state index in [0.717, 1.165) is 105 Å². The van der Waals surface area contributed by atoms with Crippen molar-refractivity contribution >= 4 is 65.8 Å². The van der Waals surface area contributed by atoms with Gasteiger partial charge in [-0.25, -0.2) is 15.0 Å². The van der Waals surface area contributed by atoms with Gasteiger partial charge in [-0.3, -0.25) is 0 Å². The number of benzene rings is 8. The number of furan rings is 3. The van der Waals surface area contributed by atoms with Crippen LogP contribution >= 0.6 is 0 Å². The van der Waals surface area contributed by atoms with Crippen molar-refractivity contribution in [1.29, 1.82) is 0 Å². The maximum Gasteiger partial charge on any atom is 0.164 e. The summed E-state index contributed by atoms with van der Waals surface area (Å²) < 4.78 is 19.0. The van der Waals surface area contributed by atoms with E-state index >= 15 is 0 Å². The molecule has 0 spiro atoms. The van der Waals surface area contributed by atoms with E-state index in [1.54, 1.807) is 0 Å². The van der Waals surface area contributed by atoms with Crippen LogP contribution < -0.4 is 0 Å². The van der Waals surface area contributed by atoms with Crippen LogP contribution in [0.5, 0.6) is 0 Å². The van der Waals surface area contributed by atoms with Crippen LogP contribution in [0.1, 0.15) is 0 Å². The van der Waals surface area contributed by atoms with Crippen molar-refractivity contribution in [3.8, 4) is 56.4 Å². The standard InChI is InChI=1S/C51H29N3O3/c1-2-10-30(11-3-1)31-20-22-32(23-21-31)49-52-50(38-14-8-18-44-47(38)37-13-5-7-17-42(37)55-44)54-51(53-49)39-15-9-19-45-48(39)40-28-33(25-27-43(40)56-45)34-24-26-36-35-12-4-6-16-41(35)57-46(36)29-34/h1-29H. The molecule has 0 amide bonds. The van der Waals surface area contributed by atoms with E-state index < -0.39 is 0 Å². The van der Waals surface area contributed by atoms with Crippen molar-refractivity contribution in [3.05, 3.63) is 176 Å². The van der Waals surface area contributed by atoms with E-state index in [1.165, 1.54) is 0 Å². The van der Waals surface area contributed by atoms with Gasteiger partial charge in [-0.05, 0) is 70.8 Å². The van der Waals surface area contributed by atoms with Gasteiger partial charge in [0.15, 0.2) is 17.5 Å². The van der Waals surface area contributed by atoms with Gasteiger partial charge < -0.3 is 13.3 Å². The first kappa shape index (κ1) is 31.5. The maximum atomic E-state index is 6.49. The molecular weight excluding hydrogens is 703 g/mol. The van der Waals surface area contributed by atoms with E-state index in [1.807, 2.05) is 72.8 Å². The molecule has 0 radical (unpaired) electrons. The molecule has 0 aliphatic rings. The Morgan fingerprint density at radius 1 is 0.263 bits per heavy atom. The van der Waals surface area contributed by atoms with Crippen molar-refractivity contribution in [2.24, 2.45) is 0 Å². The third-order valence-corrected chi connectivity index (χ3v) is 11.0. The fraction of sp³-hybridized carbons (Fsp3) is 0. The molecule has 0 fully saturated rings. The van der Waals surface area contributed by atoms with E-state index in [0.29, 0.717) is 17.5 Å². The average molecular weight is 732 g/mol. The molecule has 8 aromatic carbocycles. The Kier molecular flexibility index (Phi) is 6.83. The highest BCUT2D eigenvalue weighted by molar-refractivity contribution is 6.14. The molecule has 12 aromatic rings. The second-order valence-corrected chi connectivity index (χ2v) is 14.3. The lowest BCUT2D eigenvalue weighted by molar-refractivity contribution is 0.668. The Hall–Kier alpha value is -7.83. The average Bonchev–Trinajstić information content (AvgIpc) is 3.97. The van der Waals surface area contributed by atoms with Crippen molar-refractivity contribution in [3.63, 3.8) is 0 Å². The van der Waals surface area contributed by atoms with Crippen LogP contribution in [0.15, 0.2) is 189 Å². The topological polar surface area (TPSA) is 78.1 Å². The maximum absolute atomic E-state index is 6.49. The molecular formula is C51H29N3O3. The Morgan fingerprint density at radius 2 is 0.737 bits per heavy atom. The quantitative estimate of drug-likeness (QED) is 0.175. The molecule has 4 heterocycles. The number of hydrogen-bond donors (Lipinski definition) is 0. The summed E-state index contributed by atoms with van der Waals surface area (Å²) in [7, 11) is 0. The van der Waals surface area contributed by atoms with Gasteiger partial charge in [0, 0.05) is 49.0 Å². The highest BCUT2D eigenvalue weighted by Crippen LogP contribution is 2.41. The minimum Gasteiger partial charge on any atom is -0.456 e. The molecule has 12 rings (SSSR count). The third kappa shape index (κ3) is 5.08. The molecule has 266 valence electrons. The van der Waals surface area contributed by atoms with Gasteiger partial charge in [0.25, 0.3) is 0 Å². The zero-order chi connectivity index (χ0) is 37.5. The smallest absolute Gasteiger partial charge is 0.164 e. The van der Waals surface area contributed by atoms with Crippen molar-refractivity contribution in [2.75, 3.05) is 0 Å². The molecule has 0 aliphatic heterocycles. The molecule has 0 aliphatic carbocycles. The van der Waals surface area contributed by atoms with E-state index in [4.69, 9.17) is 28.2 Å². The SMILES string of the molecule is c1ccc(-c2ccc(-c3nc(-c4cccc5oc6ccccc6c45)nc(-c4cccc5oc6ccc(-c7ccc8c(c7)oc7ccccc78)cc6c45)n3)cc2)cc1. The first-order valence-corrected chi connectivity index (χ1v) is 18.9. The Bertz CT molecular complexity index is 3520. The lowest BCUT2D eigenvalue weighted by atomic mass is 9.99. The Morgan fingerprint density at radius 3 is 1.47 bits per heavy atom. The van der Waals surface area contributed by atoms with Crippen LogP contribution in [0.4, 0.5) is 0 Å². The number of nitrogens with zero attached hydrogens (tertiary/aromatic N) is 3. The fourth-order valence-corrected chi connectivity index (χ4v) is 8.25. The zero-order valence-electron chi connectivity index (χ0n) is 30.3. The van der Waals surface area contributed by atoms with Gasteiger partial charge in [0.2, 0.25) is 0 Å². The molecule has 57 heavy (non-hydrogen) atoms. The third-order valence-electron chi connectivity index (χ3n) is 11.0. The van der Waals surface area contributed by atoms with Gasteiger partial charge in [0.1, 0.15) is 33.5 Å². The highest BCUT2D eigenvalue weighted by atomic mass is 16.3. The second-order valence-electron chi connectivity index (χ2n) is 14.3. The molecule has 6 heteroatoms. The molecule has 0 bridgehead atoms. The molecule has 6 nitrogen and oxygen atoms in total. The van der Waals surface area contributed by atoms with Gasteiger partial charge in [-0.1, -0.05) is 127 Å². The molecule has 0 unspecified atom stereocenters. The van der Waals surface area contributed by atoms with Crippen LogP contribution in [0.25, 0.3) is 122 Å². The van der Waals surface area contributed by atoms with Crippen molar-refractivity contribution in [2.45, 2.75) is 0 Å². The number of rotatable bonds is 5. The molecule has 0 N–H and O–H groups in total. The van der Waals surface area contributed by atoms with Crippen LogP contribution in [0.2, 0.25) is 0 Å². The largest absolute Gasteiger partial charge is 0.456 e. The van der Waals surface area contributed by atoms with E-state index in [9.17, 15) is 0 Å². The molecule has 4 aromatic heterocycles. The first-order valence-electron chi connectivity index (χ1n) is 18.9. The van der Waals surface area contributed by atoms with Gasteiger partial charge in [-0.15, -0.1) is 0 Å². The zero-order valence-corrected chi connectivity index (χ0v) is 30.3. The van der Waals surface area contributed by atoms with Gasteiger partial charge in [-0.2, -0.15) is 0 Å². The van der Waals surface area contributed by atoms with Crippen LogP contribution in [-0.4, -0.2) is 15.0 Å². The second kappa shape index (κ2) is 12.3. The lowest BCUT2D eigenvalue weighted by Gasteiger charge is -2.11. The van der Waals surface area contributed by atoms with Gasteiger partial charge >= 0.3 is 0 Å². The Labute approximate surface area is 325 Å². The van der Waals surface area contributed by atoms with E-state index in [2.05, 4.69) is 103 Å². The predicted molar refractivity (Wildman–Crippen MR) is 229 cm³/mol. The molecule has 0 saturated heterocycles. The number of aromatic nitrogens is 3. The van der Waals surface area contributed by atoms with Crippen molar-refractivity contribution < 1.29 is 13.3 Å². The van der Waals surface area contributed by atoms with E-state index in [-0.39, 0.29) is 0 Å². The minimum absolute atomic E-state index is 0.550. The van der Waals surface area contributed by atoms with Crippen LogP contribution in [0, 0.1) is 0 Å². The lowest BCUT2D eigenvalue weighted by Crippen LogP contribution is -2.00. The van der Waals surface area contributed by atoms with Crippen LogP contribution in [0.3, 0.4) is 0 Å². The predicted octanol–water partition coefficient (Wildman–Crippen LogP) is 13.9. The summed E-state index contributed by atoms with van der Waals surface area (Å²) in [5.74, 6) is 1.68. The summed E-state index contributed by atoms with van der Waals surface area (Å²) in [4.78, 5) is 15.6. The monoisotopic (exact) mass is 731 g/mol. The summed E-state index contributed by atoms with van der Waals surface area (Å²) >= 11 is 0. The summed E-state index contributed by atoms with van der Waals surface area (Å²) in [6.07, 6.45) is 0. The van der Waals surface area contributed by atoms with Gasteiger partial charge in [0.05, 0.1) is 0 Å². The molecule has 0 saturated carbocycles. The summed E-state index contributed by atoms with van der Waals surface area (Å²) in [5, 5.41) is 6.10. The molecule has 0 atom stereocenters. The highest BCUT2D eigenvalue weighted by Gasteiger charge is 2.21. The summed E-state index contributed by atoms with van der Waals surface area (Å²) in [6.45, 7) is 0. The number of hydrogen-bond acceptors (Lipinski definition) is 6. The van der Waals surface area contributed by atoms with Crippen LogP contribution in [-0.2, 0) is 0 Å².